The molecule has 0 aliphatic carbocycles. The lowest BCUT2D eigenvalue weighted by Crippen LogP contribution is -1.99. The van der Waals surface area contributed by atoms with Crippen molar-refractivity contribution >= 4 is 27.5 Å². The molecule has 0 fully saturated rings. The maximum absolute atomic E-state index is 6.13. The molecule has 0 radical (unpaired) electrons. The van der Waals surface area contributed by atoms with E-state index in [2.05, 4.69) is 28.1 Å². The van der Waals surface area contributed by atoms with Crippen LogP contribution in [-0.2, 0) is 0 Å². The maximum atomic E-state index is 6.13. The molecule has 0 spiro atoms. The number of hydrogen-bond acceptors (Lipinski definition) is 1. The molecule has 2 rings (SSSR count). The molecule has 21 heavy (non-hydrogen) atoms. The van der Waals surface area contributed by atoms with E-state index in [4.69, 9.17) is 16.3 Å². The lowest BCUT2D eigenvalue weighted by atomic mass is 10.0. The topological polar surface area (TPSA) is 9.23 Å². The number of alkyl halides is 1. The molecule has 3 heteroatoms. The van der Waals surface area contributed by atoms with Crippen molar-refractivity contribution in [3.8, 4) is 16.9 Å². The molecule has 2 aromatic rings. The van der Waals surface area contributed by atoms with Crippen molar-refractivity contribution in [3.05, 3.63) is 53.6 Å². The van der Waals surface area contributed by atoms with Crippen LogP contribution in [0.3, 0.4) is 0 Å². The minimum Gasteiger partial charge on any atom is -0.493 e. The van der Waals surface area contributed by atoms with Gasteiger partial charge in [0.15, 0.2) is 0 Å². The summed E-state index contributed by atoms with van der Waals surface area (Å²) < 4.78 is 5.96. The van der Waals surface area contributed by atoms with E-state index in [0.29, 0.717) is 0 Å². The predicted molar refractivity (Wildman–Crippen MR) is 94.6 cm³/mol. The third-order valence-corrected chi connectivity index (χ3v) is 4.11. The number of ether oxygens (including phenoxy) is 1. The van der Waals surface area contributed by atoms with Gasteiger partial charge in [-0.25, -0.2) is 0 Å². The highest BCUT2D eigenvalue weighted by atomic mass is 79.9. The fourth-order valence-electron chi connectivity index (χ4n) is 2.20. The van der Waals surface area contributed by atoms with E-state index >= 15 is 0 Å². The molecule has 1 nitrogen and oxygen atoms in total. The van der Waals surface area contributed by atoms with Crippen LogP contribution in [0.25, 0.3) is 11.1 Å². The lowest BCUT2D eigenvalue weighted by Gasteiger charge is -2.12. The van der Waals surface area contributed by atoms with Gasteiger partial charge in [-0.05, 0) is 36.6 Å². The number of benzene rings is 2. The highest BCUT2D eigenvalue weighted by molar-refractivity contribution is 9.09. The Bertz CT molecular complexity index is 542. The Balaban J connectivity index is 1.99. The summed E-state index contributed by atoms with van der Waals surface area (Å²) in [7, 11) is 0. The van der Waals surface area contributed by atoms with Crippen molar-refractivity contribution in [2.24, 2.45) is 0 Å². The first kappa shape index (κ1) is 16.4. The lowest BCUT2D eigenvalue weighted by molar-refractivity contribution is 0.306. The minimum absolute atomic E-state index is 0.735. The van der Waals surface area contributed by atoms with Gasteiger partial charge in [-0.3, -0.25) is 0 Å². The van der Waals surface area contributed by atoms with Crippen molar-refractivity contribution in [1.82, 2.24) is 0 Å². The molecule has 0 atom stereocenters. The Labute approximate surface area is 140 Å². The molecule has 0 saturated carbocycles. The first-order valence-electron chi connectivity index (χ1n) is 7.35. The fraction of sp³-hybridized carbons (Fsp3) is 0.333. The molecular formula is C18H20BrClO. The third kappa shape index (κ3) is 5.37. The zero-order valence-electron chi connectivity index (χ0n) is 12.0. The van der Waals surface area contributed by atoms with Crippen LogP contribution in [-0.4, -0.2) is 11.9 Å². The minimum atomic E-state index is 0.735. The van der Waals surface area contributed by atoms with Gasteiger partial charge in [-0.1, -0.05) is 70.7 Å². The van der Waals surface area contributed by atoms with Crippen molar-refractivity contribution < 1.29 is 4.74 Å². The maximum Gasteiger partial charge on any atom is 0.127 e. The summed E-state index contributed by atoms with van der Waals surface area (Å²) >= 11 is 9.58. The van der Waals surface area contributed by atoms with E-state index in [0.717, 1.165) is 40.3 Å². The van der Waals surface area contributed by atoms with Crippen LogP contribution in [0.1, 0.15) is 25.7 Å². The Morgan fingerprint density at radius 3 is 2.43 bits per heavy atom. The standard InChI is InChI=1S/C18H20BrClO/c19-12-6-1-2-7-13-21-18-11-10-16(20)14-17(18)15-8-4-3-5-9-15/h3-5,8-11,14H,1-2,6-7,12-13H2. The van der Waals surface area contributed by atoms with E-state index in [9.17, 15) is 0 Å². The highest BCUT2D eigenvalue weighted by Crippen LogP contribution is 2.32. The SMILES string of the molecule is Clc1ccc(OCCCCCCBr)c(-c2ccccc2)c1. The van der Waals surface area contributed by atoms with Crippen LogP contribution >= 0.6 is 27.5 Å². The van der Waals surface area contributed by atoms with Crippen LogP contribution in [0, 0.1) is 0 Å². The molecule has 0 aliphatic heterocycles. The smallest absolute Gasteiger partial charge is 0.127 e. The van der Waals surface area contributed by atoms with E-state index in [1.54, 1.807) is 0 Å². The van der Waals surface area contributed by atoms with E-state index < -0.39 is 0 Å². The Hall–Kier alpha value is -0.990. The molecular weight excluding hydrogens is 348 g/mol. The molecule has 112 valence electrons. The second kappa shape index (κ2) is 9.11. The van der Waals surface area contributed by atoms with Gasteiger partial charge in [0.25, 0.3) is 0 Å². The van der Waals surface area contributed by atoms with Gasteiger partial charge in [0.2, 0.25) is 0 Å². The van der Waals surface area contributed by atoms with Crippen molar-refractivity contribution in [1.29, 1.82) is 0 Å². The first-order chi connectivity index (χ1) is 10.3. The quantitative estimate of drug-likeness (QED) is 0.390. The molecule has 0 aromatic heterocycles. The highest BCUT2D eigenvalue weighted by Gasteiger charge is 2.07. The number of rotatable bonds is 8. The summed E-state index contributed by atoms with van der Waals surface area (Å²) in [6.07, 6.45) is 4.78. The van der Waals surface area contributed by atoms with Crippen molar-refractivity contribution in [3.63, 3.8) is 0 Å². The predicted octanol–water partition coefficient (Wildman–Crippen LogP) is 6.34. The molecule has 0 amide bonds. The summed E-state index contributed by atoms with van der Waals surface area (Å²) in [6.45, 7) is 0.754. The van der Waals surface area contributed by atoms with Gasteiger partial charge >= 0.3 is 0 Å². The summed E-state index contributed by atoms with van der Waals surface area (Å²) in [5.41, 5.74) is 2.19. The number of unbranched alkanes of at least 4 members (excludes halogenated alkanes) is 3. The summed E-state index contributed by atoms with van der Waals surface area (Å²) in [5, 5.41) is 1.82. The van der Waals surface area contributed by atoms with E-state index in [1.165, 1.54) is 19.3 Å². The molecule has 0 unspecified atom stereocenters. The van der Waals surface area contributed by atoms with Gasteiger partial charge in [0, 0.05) is 15.9 Å². The van der Waals surface area contributed by atoms with Gasteiger partial charge in [0.05, 0.1) is 6.61 Å². The van der Waals surface area contributed by atoms with Crippen LogP contribution in [0.2, 0.25) is 5.02 Å². The molecule has 0 aliphatic rings. The largest absolute Gasteiger partial charge is 0.493 e. The molecule has 0 N–H and O–H groups in total. The summed E-state index contributed by atoms with van der Waals surface area (Å²) in [6, 6.07) is 16.0. The molecule has 2 aromatic carbocycles. The number of halogens is 2. The summed E-state index contributed by atoms with van der Waals surface area (Å²) in [4.78, 5) is 0. The van der Waals surface area contributed by atoms with E-state index in [1.807, 2.05) is 36.4 Å². The normalized spacial score (nSPS) is 10.6. The molecule has 0 heterocycles. The third-order valence-electron chi connectivity index (χ3n) is 3.31. The number of hydrogen-bond donors (Lipinski definition) is 0. The average Bonchev–Trinajstić information content (AvgIpc) is 2.53. The van der Waals surface area contributed by atoms with E-state index in [-0.39, 0.29) is 0 Å². The van der Waals surface area contributed by atoms with Gasteiger partial charge in [-0.15, -0.1) is 0 Å². The Kier molecular flexibility index (Phi) is 7.11. The van der Waals surface area contributed by atoms with Crippen LogP contribution < -0.4 is 4.74 Å². The zero-order chi connectivity index (χ0) is 14.9. The van der Waals surface area contributed by atoms with Crippen LogP contribution in [0.5, 0.6) is 5.75 Å². The van der Waals surface area contributed by atoms with Crippen LogP contribution in [0.15, 0.2) is 48.5 Å². The summed E-state index contributed by atoms with van der Waals surface area (Å²) in [5.74, 6) is 0.908. The second-order valence-corrected chi connectivity index (χ2v) is 6.19. The van der Waals surface area contributed by atoms with Gasteiger partial charge < -0.3 is 4.74 Å². The van der Waals surface area contributed by atoms with Gasteiger partial charge in [-0.2, -0.15) is 0 Å². The van der Waals surface area contributed by atoms with Crippen molar-refractivity contribution in [2.75, 3.05) is 11.9 Å². The Morgan fingerprint density at radius 1 is 0.905 bits per heavy atom. The van der Waals surface area contributed by atoms with Crippen LogP contribution in [0.4, 0.5) is 0 Å². The fourth-order valence-corrected chi connectivity index (χ4v) is 2.77. The molecule has 0 saturated heterocycles. The van der Waals surface area contributed by atoms with Crippen molar-refractivity contribution in [2.45, 2.75) is 25.7 Å². The zero-order valence-corrected chi connectivity index (χ0v) is 14.4. The first-order valence-corrected chi connectivity index (χ1v) is 8.85. The molecule has 0 bridgehead atoms. The Morgan fingerprint density at radius 2 is 1.67 bits per heavy atom. The van der Waals surface area contributed by atoms with Gasteiger partial charge in [0.1, 0.15) is 5.75 Å². The average molecular weight is 368 g/mol. The monoisotopic (exact) mass is 366 g/mol. The second-order valence-electron chi connectivity index (χ2n) is 4.96.